The molecule has 0 bridgehead atoms. The molecule has 0 fully saturated rings. The fourth-order valence-corrected chi connectivity index (χ4v) is 2.54. The van der Waals surface area contributed by atoms with Crippen LogP contribution in [0, 0.1) is 2.88 Å². The van der Waals surface area contributed by atoms with E-state index in [1.54, 1.807) is 18.3 Å². The van der Waals surface area contributed by atoms with Crippen molar-refractivity contribution >= 4 is 45.8 Å². The van der Waals surface area contributed by atoms with Crippen molar-refractivity contribution in [2.24, 2.45) is 0 Å². The lowest BCUT2D eigenvalue weighted by molar-refractivity contribution is 0.0521. The summed E-state index contributed by atoms with van der Waals surface area (Å²) in [4.78, 5) is 15.5. The molecule has 2 N–H and O–H groups in total. The summed E-state index contributed by atoms with van der Waals surface area (Å²) in [6, 6.07) is 1.91. The molecule has 7 heteroatoms. The molecule has 17 heavy (non-hydrogen) atoms. The Hall–Kier alpha value is -1.09. The third-order valence-corrected chi connectivity index (χ3v) is 3.73. The van der Waals surface area contributed by atoms with Crippen LogP contribution in [0.1, 0.15) is 17.4 Å². The molecule has 90 valence electrons. The third-order valence-electron chi connectivity index (χ3n) is 1.94. The average molecular weight is 364 g/mol. The molecule has 0 saturated heterocycles. The van der Waals surface area contributed by atoms with E-state index < -0.39 is 5.97 Å². The molecular formula is C10H9IN2O3S. The minimum absolute atomic E-state index is 0.0142. The van der Waals surface area contributed by atoms with Gasteiger partial charge in [0.1, 0.15) is 0 Å². The number of nitrogens with two attached hydrogens (primary N) is 1. The Morgan fingerprint density at radius 3 is 3.06 bits per heavy atom. The maximum Gasteiger partial charge on any atom is 0.362 e. The van der Waals surface area contributed by atoms with Gasteiger partial charge in [-0.15, -0.1) is 11.3 Å². The van der Waals surface area contributed by atoms with Crippen molar-refractivity contribution in [2.45, 2.75) is 6.92 Å². The van der Waals surface area contributed by atoms with E-state index in [1.807, 2.05) is 11.4 Å². The Morgan fingerprint density at radius 1 is 1.71 bits per heavy atom. The van der Waals surface area contributed by atoms with Gasteiger partial charge in [-0.25, -0.2) is 4.79 Å². The number of aromatic nitrogens is 1. The molecule has 0 aliphatic carbocycles. The molecule has 2 aromatic heterocycles. The van der Waals surface area contributed by atoms with Gasteiger partial charge in [-0.3, -0.25) is 0 Å². The van der Waals surface area contributed by atoms with Gasteiger partial charge in [0.25, 0.3) is 0 Å². The molecule has 0 unspecified atom stereocenters. The highest BCUT2D eigenvalue weighted by Gasteiger charge is 2.20. The summed E-state index contributed by atoms with van der Waals surface area (Å²) in [6.07, 6.45) is 0. The number of rotatable bonds is 3. The molecule has 0 radical (unpaired) electrons. The summed E-state index contributed by atoms with van der Waals surface area (Å²) < 4.78 is 11.2. The molecule has 2 rings (SSSR count). The third kappa shape index (κ3) is 2.60. The zero-order valence-electron chi connectivity index (χ0n) is 8.90. The molecule has 0 aliphatic heterocycles. The topological polar surface area (TPSA) is 78.3 Å². The minimum atomic E-state index is -0.565. The van der Waals surface area contributed by atoms with Crippen molar-refractivity contribution in [1.82, 2.24) is 4.98 Å². The second-order valence-electron chi connectivity index (χ2n) is 3.09. The summed E-state index contributed by atoms with van der Waals surface area (Å²) in [5, 5.41) is 1.89. The molecular weight excluding hydrogens is 355 g/mol. The fraction of sp³-hybridized carbons (Fsp3) is 0.200. The lowest BCUT2D eigenvalue weighted by atomic mass is 10.3. The van der Waals surface area contributed by atoms with Crippen molar-refractivity contribution in [3.05, 3.63) is 20.0 Å². The molecule has 5 nitrogen and oxygen atoms in total. The van der Waals surface area contributed by atoms with Gasteiger partial charge in [-0.05, 0) is 35.6 Å². The van der Waals surface area contributed by atoms with Gasteiger partial charge in [0.05, 0.1) is 9.49 Å². The number of nitrogens with zero attached hydrogens (tertiary/aromatic N) is 1. The van der Waals surface area contributed by atoms with Crippen LogP contribution in [0.25, 0.3) is 11.5 Å². The molecule has 0 atom stereocenters. The van der Waals surface area contributed by atoms with Crippen LogP contribution in [0.5, 0.6) is 0 Å². The molecule has 0 spiro atoms. The van der Waals surface area contributed by atoms with E-state index in [0.717, 1.165) is 8.45 Å². The van der Waals surface area contributed by atoms with Crippen LogP contribution in [0.3, 0.4) is 0 Å². The van der Waals surface area contributed by atoms with E-state index in [1.165, 1.54) is 0 Å². The first kappa shape index (κ1) is 12.4. The quantitative estimate of drug-likeness (QED) is 0.669. The largest absolute Gasteiger partial charge is 0.461 e. The van der Waals surface area contributed by atoms with E-state index >= 15 is 0 Å². The first-order chi connectivity index (χ1) is 8.11. The lowest BCUT2D eigenvalue weighted by Crippen LogP contribution is -2.07. The van der Waals surface area contributed by atoms with Crippen LogP contribution >= 0.6 is 33.9 Å². The number of ether oxygens (including phenoxy) is 1. The minimum Gasteiger partial charge on any atom is -0.461 e. The van der Waals surface area contributed by atoms with Crippen LogP contribution in [0.4, 0.5) is 5.88 Å². The van der Waals surface area contributed by atoms with Crippen molar-refractivity contribution in [3.63, 3.8) is 0 Å². The molecule has 0 aliphatic rings. The standard InChI is InChI=1S/C10H9IN2O3S/c1-2-15-10(14)7-8(12)16-9(13-7)5-3-6(11)17-4-5/h3-4H,2,12H2,1H3. The van der Waals surface area contributed by atoms with Gasteiger partial charge in [0.15, 0.2) is 0 Å². The zero-order chi connectivity index (χ0) is 12.4. The average Bonchev–Trinajstić information content (AvgIpc) is 2.85. The van der Waals surface area contributed by atoms with E-state index in [-0.39, 0.29) is 18.2 Å². The number of thiophene rings is 1. The predicted octanol–water partition coefficient (Wildman–Crippen LogP) is 2.77. The highest BCUT2D eigenvalue weighted by molar-refractivity contribution is 14.1. The van der Waals surface area contributed by atoms with Crippen LogP contribution < -0.4 is 5.73 Å². The molecule has 2 aromatic rings. The van der Waals surface area contributed by atoms with Crippen molar-refractivity contribution in [2.75, 3.05) is 12.3 Å². The number of carbonyl (C=O) groups excluding carboxylic acids is 1. The van der Waals surface area contributed by atoms with Gasteiger partial charge >= 0.3 is 5.97 Å². The summed E-state index contributed by atoms with van der Waals surface area (Å²) in [5.41, 5.74) is 6.43. The number of hydrogen-bond acceptors (Lipinski definition) is 6. The van der Waals surface area contributed by atoms with E-state index in [2.05, 4.69) is 27.6 Å². The zero-order valence-corrected chi connectivity index (χ0v) is 11.9. The maximum absolute atomic E-state index is 11.5. The lowest BCUT2D eigenvalue weighted by Gasteiger charge is -1.96. The van der Waals surface area contributed by atoms with Gasteiger partial charge in [0.2, 0.25) is 17.5 Å². The van der Waals surface area contributed by atoms with Gasteiger partial charge < -0.3 is 14.9 Å². The first-order valence-corrected chi connectivity index (χ1v) is 6.75. The van der Waals surface area contributed by atoms with Crippen molar-refractivity contribution in [1.29, 1.82) is 0 Å². The van der Waals surface area contributed by atoms with Crippen molar-refractivity contribution in [3.8, 4) is 11.5 Å². The normalized spacial score (nSPS) is 10.5. The number of oxazole rings is 1. The van der Waals surface area contributed by atoms with E-state index in [0.29, 0.717) is 5.89 Å². The monoisotopic (exact) mass is 364 g/mol. The number of hydrogen-bond donors (Lipinski definition) is 1. The number of carbonyl (C=O) groups is 1. The number of nitrogen functional groups attached to an aromatic ring is 1. The Balaban J connectivity index is 2.33. The van der Waals surface area contributed by atoms with Crippen molar-refractivity contribution < 1.29 is 13.9 Å². The Kier molecular flexibility index (Phi) is 3.67. The van der Waals surface area contributed by atoms with Crippen LogP contribution in [-0.4, -0.2) is 17.6 Å². The van der Waals surface area contributed by atoms with Crippen LogP contribution in [-0.2, 0) is 4.74 Å². The highest BCUT2D eigenvalue weighted by Crippen LogP contribution is 2.28. The summed E-state index contributed by atoms with van der Waals surface area (Å²) in [5.74, 6) is -0.241. The Morgan fingerprint density at radius 2 is 2.47 bits per heavy atom. The smallest absolute Gasteiger partial charge is 0.362 e. The van der Waals surface area contributed by atoms with Crippen LogP contribution in [0.2, 0.25) is 0 Å². The number of anilines is 1. The van der Waals surface area contributed by atoms with E-state index in [9.17, 15) is 4.79 Å². The first-order valence-electron chi connectivity index (χ1n) is 4.79. The predicted molar refractivity (Wildman–Crippen MR) is 72.9 cm³/mol. The fourth-order valence-electron chi connectivity index (χ4n) is 1.22. The Labute approximate surface area is 115 Å². The van der Waals surface area contributed by atoms with Crippen LogP contribution in [0.15, 0.2) is 15.9 Å². The van der Waals surface area contributed by atoms with Gasteiger partial charge in [-0.1, -0.05) is 0 Å². The molecule has 0 aromatic carbocycles. The maximum atomic E-state index is 11.5. The summed E-state index contributed by atoms with van der Waals surface area (Å²) in [6.45, 7) is 1.99. The molecule has 0 amide bonds. The second kappa shape index (κ2) is 5.05. The van der Waals surface area contributed by atoms with Gasteiger partial charge in [0, 0.05) is 10.9 Å². The highest BCUT2D eigenvalue weighted by atomic mass is 127. The summed E-state index contributed by atoms with van der Waals surface area (Å²) >= 11 is 3.76. The SMILES string of the molecule is CCOC(=O)c1nc(-c2csc(I)c2)oc1N. The molecule has 0 saturated carbocycles. The number of halogens is 1. The molecule has 2 heterocycles. The second-order valence-corrected chi connectivity index (χ2v) is 5.90. The van der Waals surface area contributed by atoms with Gasteiger partial charge in [-0.2, -0.15) is 4.98 Å². The number of esters is 1. The Bertz CT molecular complexity index is 549. The summed E-state index contributed by atoms with van der Waals surface area (Å²) in [7, 11) is 0. The van der Waals surface area contributed by atoms with E-state index in [4.69, 9.17) is 14.9 Å².